The van der Waals surface area contributed by atoms with Crippen molar-refractivity contribution in [1.29, 1.82) is 0 Å². The molecule has 2 aliphatic carbocycles. The molecule has 3 fully saturated rings. The van der Waals surface area contributed by atoms with Crippen molar-refractivity contribution in [3.8, 4) is 0 Å². The number of rotatable bonds is 3. The molecule has 128 valence electrons. The first-order chi connectivity index (χ1) is 11.9. The molecule has 1 aromatic rings. The van der Waals surface area contributed by atoms with Crippen LogP contribution in [0.1, 0.15) is 64.2 Å². The average Bonchev–Trinajstić information content (AvgIpc) is 2.63. The first-order valence-corrected chi connectivity index (χ1v) is 11.3. The van der Waals surface area contributed by atoms with Gasteiger partial charge in [-0.05, 0) is 0 Å². The van der Waals surface area contributed by atoms with Gasteiger partial charge in [0.25, 0.3) is 0 Å². The summed E-state index contributed by atoms with van der Waals surface area (Å²) < 4.78 is 2.69. The van der Waals surface area contributed by atoms with Gasteiger partial charge >= 0.3 is 152 Å². The maximum atomic E-state index is 5.18. The minimum absolute atomic E-state index is 0.338. The van der Waals surface area contributed by atoms with Gasteiger partial charge in [-0.15, -0.1) is 0 Å². The Labute approximate surface area is 151 Å². The molecule has 0 aromatic heterocycles. The molecule has 1 saturated heterocycles. The number of hydrogen-bond donors (Lipinski definition) is 0. The van der Waals surface area contributed by atoms with Gasteiger partial charge in [0.05, 0.1) is 0 Å². The van der Waals surface area contributed by atoms with E-state index >= 15 is 0 Å². The van der Waals surface area contributed by atoms with Crippen LogP contribution < -0.4 is 0 Å². The zero-order valence-electron chi connectivity index (χ0n) is 14.4. The Bertz CT molecular complexity index is 599. The molecular formula is C20H27N3Se. The summed E-state index contributed by atoms with van der Waals surface area (Å²) in [5.41, 5.74) is 1.09. The Morgan fingerprint density at radius 3 is 2.17 bits per heavy atom. The molecule has 0 N–H and O–H groups in total. The summed E-state index contributed by atoms with van der Waals surface area (Å²) in [6.45, 7) is 0. The van der Waals surface area contributed by atoms with Gasteiger partial charge in [0.1, 0.15) is 0 Å². The predicted molar refractivity (Wildman–Crippen MR) is 102 cm³/mol. The minimum atomic E-state index is 0.338. The van der Waals surface area contributed by atoms with E-state index in [-0.39, 0.29) is 0 Å². The van der Waals surface area contributed by atoms with Gasteiger partial charge in [0.15, 0.2) is 0 Å². The summed E-state index contributed by atoms with van der Waals surface area (Å²) in [4.78, 5) is 12.7. The molecule has 2 saturated carbocycles. The van der Waals surface area contributed by atoms with Crippen LogP contribution in [0.2, 0.25) is 0 Å². The Balaban J connectivity index is 1.54. The summed E-state index contributed by atoms with van der Waals surface area (Å²) in [6, 6.07) is 11.7. The van der Waals surface area contributed by atoms with E-state index in [1.807, 2.05) is 0 Å². The molecule has 24 heavy (non-hydrogen) atoms. The van der Waals surface area contributed by atoms with Crippen molar-refractivity contribution < 1.29 is 0 Å². The second-order valence-electron chi connectivity index (χ2n) is 7.20. The van der Waals surface area contributed by atoms with Crippen LogP contribution in [0.25, 0.3) is 0 Å². The third-order valence-electron chi connectivity index (χ3n) is 5.38. The number of hydrogen-bond acceptors (Lipinski definition) is 2. The van der Waals surface area contributed by atoms with Gasteiger partial charge in [0, 0.05) is 0 Å². The first kappa shape index (κ1) is 16.4. The summed E-state index contributed by atoms with van der Waals surface area (Å²) >= 11 is 0.338. The molecule has 4 rings (SSSR count). The van der Waals surface area contributed by atoms with Gasteiger partial charge in [-0.3, -0.25) is 0 Å². The molecule has 0 atom stereocenters. The van der Waals surface area contributed by atoms with Crippen LogP contribution in [0.15, 0.2) is 40.3 Å². The van der Waals surface area contributed by atoms with Crippen LogP contribution in [0.5, 0.6) is 0 Å². The van der Waals surface area contributed by atoms with E-state index in [0.717, 1.165) is 5.69 Å². The first-order valence-electron chi connectivity index (χ1n) is 9.59. The molecule has 3 nitrogen and oxygen atoms in total. The monoisotopic (exact) mass is 389 g/mol. The number of amidine groups is 2. The van der Waals surface area contributed by atoms with Gasteiger partial charge in [-0.25, -0.2) is 0 Å². The molecule has 1 aliphatic heterocycles. The Hall–Kier alpha value is -1.12. The quantitative estimate of drug-likeness (QED) is 0.689. The van der Waals surface area contributed by atoms with Crippen LogP contribution >= 0.6 is 0 Å². The molecule has 3 aliphatic rings. The third-order valence-corrected chi connectivity index (χ3v) is 7.39. The van der Waals surface area contributed by atoms with Crippen molar-refractivity contribution in [3.63, 3.8) is 0 Å². The Kier molecular flexibility index (Phi) is 5.34. The van der Waals surface area contributed by atoms with E-state index in [9.17, 15) is 0 Å². The van der Waals surface area contributed by atoms with Gasteiger partial charge in [-0.2, -0.15) is 0 Å². The molecule has 0 spiro atoms. The second kappa shape index (κ2) is 7.84. The maximum absolute atomic E-state index is 5.18. The van der Waals surface area contributed by atoms with Gasteiger partial charge in [0.2, 0.25) is 0 Å². The zero-order valence-corrected chi connectivity index (χ0v) is 16.1. The zero-order chi connectivity index (χ0) is 16.2. The summed E-state index contributed by atoms with van der Waals surface area (Å²) in [5, 5.41) is 0. The molecule has 0 amide bonds. The standard InChI is InChI=1S/C20H27N3Se/c1-4-10-16(11-5-1)21-19-23(18-14-8-3-9-15-18)20(24-19)22-17-12-6-2-7-13-17/h1,4-5,10-11,17-18H,2-3,6-9,12-15H2. The van der Waals surface area contributed by atoms with Crippen molar-refractivity contribution >= 4 is 30.1 Å². The van der Waals surface area contributed by atoms with Crippen LogP contribution in [-0.2, 0) is 0 Å². The van der Waals surface area contributed by atoms with Crippen LogP contribution in [0, 0.1) is 0 Å². The number of para-hydroxylation sites is 1. The Morgan fingerprint density at radius 2 is 1.46 bits per heavy atom. The van der Waals surface area contributed by atoms with Gasteiger partial charge in [-0.1, -0.05) is 0 Å². The number of benzene rings is 1. The summed E-state index contributed by atoms with van der Waals surface area (Å²) in [5.74, 6) is 0. The second-order valence-corrected chi connectivity index (χ2v) is 9.16. The van der Waals surface area contributed by atoms with Crippen LogP contribution in [-0.4, -0.2) is 41.4 Å². The van der Waals surface area contributed by atoms with Crippen molar-refractivity contribution in [2.45, 2.75) is 76.3 Å². The third kappa shape index (κ3) is 3.75. The van der Waals surface area contributed by atoms with Crippen LogP contribution in [0.3, 0.4) is 0 Å². The fourth-order valence-corrected chi connectivity index (χ4v) is 6.23. The van der Waals surface area contributed by atoms with E-state index in [4.69, 9.17) is 9.98 Å². The van der Waals surface area contributed by atoms with Gasteiger partial charge < -0.3 is 0 Å². The molecule has 0 unspecified atom stereocenters. The topological polar surface area (TPSA) is 28.0 Å². The SMILES string of the molecule is c1ccc(N=C2[Se]C(=NC3CCCCC3)N2C2CCCCC2)cc1. The Morgan fingerprint density at radius 1 is 0.792 bits per heavy atom. The predicted octanol–water partition coefficient (Wildman–Crippen LogP) is 4.72. The van der Waals surface area contributed by atoms with E-state index in [0.29, 0.717) is 27.0 Å². The van der Waals surface area contributed by atoms with Crippen molar-refractivity contribution in [2.24, 2.45) is 9.98 Å². The summed E-state index contributed by atoms with van der Waals surface area (Å²) in [7, 11) is 0. The molecular weight excluding hydrogens is 361 g/mol. The molecule has 0 bridgehead atoms. The van der Waals surface area contributed by atoms with E-state index in [1.54, 1.807) is 0 Å². The van der Waals surface area contributed by atoms with Crippen molar-refractivity contribution in [1.82, 2.24) is 4.90 Å². The molecule has 1 aromatic carbocycles. The molecule has 4 heteroatoms. The molecule has 0 radical (unpaired) electrons. The fraction of sp³-hybridized carbons (Fsp3) is 0.600. The molecule has 1 heterocycles. The van der Waals surface area contributed by atoms with Crippen molar-refractivity contribution in [3.05, 3.63) is 30.3 Å². The number of aliphatic imine (C=N–C) groups is 2. The number of nitrogens with zero attached hydrogens (tertiary/aromatic N) is 3. The average molecular weight is 388 g/mol. The summed E-state index contributed by atoms with van der Waals surface area (Å²) in [6.07, 6.45) is 13.5. The van der Waals surface area contributed by atoms with Crippen molar-refractivity contribution in [2.75, 3.05) is 0 Å². The van der Waals surface area contributed by atoms with E-state index < -0.39 is 0 Å². The van der Waals surface area contributed by atoms with E-state index in [2.05, 4.69) is 35.2 Å². The van der Waals surface area contributed by atoms with Crippen LogP contribution in [0.4, 0.5) is 5.69 Å². The van der Waals surface area contributed by atoms with E-state index in [1.165, 1.54) is 73.7 Å². The normalized spacial score (nSPS) is 26.8. The fourth-order valence-electron chi connectivity index (χ4n) is 4.02.